The van der Waals surface area contributed by atoms with E-state index in [4.69, 9.17) is 13.9 Å². The Morgan fingerprint density at radius 3 is 2.24 bits per heavy atom. The molecule has 0 bridgehead atoms. The first-order valence-corrected chi connectivity index (χ1v) is 12.0. The molecule has 0 aromatic heterocycles. The Balaban J connectivity index is 1.99. The first-order chi connectivity index (χ1) is 11.6. The normalized spacial score (nSPS) is 17.5. The van der Waals surface area contributed by atoms with E-state index < -0.39 is 8.32 Å². The Kier molecular flexibility index (Phi) is 6.46. The number of ketones is 1. The molecule has 1 aromatic rings. The van der Waals surface area contributed by atoms with Crippen molar-refractivity contribution in [2.24, 2.45) is 5.92 Å². The topological polar surface area (TPSA) is 44.8 Å². The zero-order valence-corrected chi connectivity index (χ0v) is 17.4. The Bertz CT molecular complexity index is 568. The van der Waals surface area contributed by atoms with Gasteiger partial charge in [-0.2, -0.15) is 0 Å². The molecule has 1 aliphatic rings. The lowest BCUT2D eigenvalue weighted by molar-refractivity contribution is -0.125. The Morgan fingerprint density at radius 2 is 1.76 bits per heavy atom. The molecule has 0 amide bonds. The monoisotopic (exact) mass is 364 g/mol. The van der Waals surface area contributed by atoms with Gasteiger partial charge in [-0.15, -0.1) is 0 Å². The second kappa shape index (κ2) is 8.02. The van der Waals surface area contributed by atoms with E-state index in [1.807, 2.05) is 12.1 Å². The van der Waals surface area contributed by atoms with E-state index in [9.17, 15) is 4.79 Å². The van der Waals surface area contributed by atoms with Crippen molar-refractivity contribution in [3.05, 3.63) is 29.8 Å². The van der Waals surface area contributed by atoms with Crippen molar-refractivity contribution in [1.82, 2.24) is 0 Å². The minimum atomic E-state index is -1.82. The number of benzene rings is 1. The third kappa shape index (κ3) is 5.66. The van der Waals surface area contributed by atoms with Gasteiger partial charge in [0.2, 0.25) is 8.32 Å². The summed E-state index contributed by atoms with van der Waals surface area (Å²) in [6.45, 7) is 14.1. The number of rotatable bonds is 7. The van der Waals surface area contributed by atoms with Crippen LogP contribution in [-0.2, 0) is 20.7 Å². The summed E-state index contributed by atoms with van der Waals surface area (Å²) in [4.78, 5) is 12.0. The van der Waals surface area contributed by atoms with Crippen LogP contribution in [0.3, 0.4) is 0 Å². The molecular formula is C20H32O4Si. The third-order valence-electron chi connectivity index (χ3n) is 5.33. The van der Waals surface area contributed by atoms with Crippen molar-refractivity contribution < 1.29 is 18.7 Å². The van der Waals surface area contributed by atoms with Crippen molar-refractivity contribution in [3.8, 4) is 5.75 Å². The van der Waals surface area contributed by atoms with Gasteiger partial charge in [-0.25, -0.2) is 0 Å². The lowest BCUT2D eigenvalue weighted by Gasteiger charge is -2.36. The number of Topliss-reactive ketones (excluding diaryl/α,β-unsaturated/α-hetero) is 1. The maximum atomic E-state index is 12.0. The highest BCUT2D eigenvalue weighted by Crippen LogP contribution is 2.37. The lowest BCUT2D eigenvalue weighted by Crippen LogP contribution is -2.43. The van der Waals surface area contributed by atoms with E-state index >= 15 is 0 Å². The average Bonchev–Trinajstić information content (AvgIpc) is 3.00. The van der Waals surface area contributed by atoms with E-state index in [0.717, 1.165) is 11.3 Å². The van der Waals surface area contributed by atoms with Crippen LogP contribution in [0.4, 0.5) is 0 Å². The van der Waals surface area contributed by atoms with Crippen LogP contribution in [-0.4, -0.2) is 33.6 Å². The summed E-state index contributed by atoms with van der Waals surface area (Å²) in [5, 5.41) is 0.173. The van der Waals surface area contributed by atoms with Gasteiger partial charge in [-0.3, -0.25) is 4.79 Å². The quantitative estimate of drug-likeness (QED) is 0.664. The number of ether oxygens (including phenoxy) is 2. The van der Waals surface area contributed by atoms with Gasteiger partial charge >= 0.3 is 0 Å². The van der Waals surface area contributed by atoms with Crippen molar-refractivity contribution in [3.63, 3.8) is 0 Å². The number of hydrogen-bond donors (Lipinski definition) is 0. The van der Waals surface area contributed by atoms with Gasteiger partial charge in [0.1, 0.15) is 11.5 Å². The molecule has 0 N–H and O–H groups in total. The largest absolute Gasteiger partial charge is 0.544 e. The fraction of sp³-hybridized carbons (Fsp3) is 0.650. The maximum Gasteiger partial charge on any atom is 0.250 e. The van der Waals surface area contributed by atoms with E-state index in [1.54, 1.807) is 6.92 Å². The van der Waals surface area contributed by atoms with E-state index in [1.165, 1.54) is 0 Å². The maximum absolute atomic E-state index is 12.0. The molecule has 1 saturated heterocycles. The molecule has 2 rings (SSSR count). The molecule has 1 fully saturated rings. The highest BCUT2D eigenvalue weighted by Gasteiger charge is 2.38. The molecule has 1 aromatic carbocycles. The van der Waals surface area contributed by atoms with Gasteiger partial charge in [0, 0.05) is 12.3 Å². The molecule has 5 heteroatoms. The summed E-state index contributed by atoms with van der Waals surface area (Å²) in [5.74, 6) is 1.02. The molecule has 4 nitrogen and oxygen atoms in total. The first kappa shape index (κ1) is 20.1. The number of hydrogen-bond acceptors (Lipinski definition) is 4. The molecule has 1 heterocycles. The fourth-order valence-corrected chi connectivity index (χ4v) is 3.63. The molecule has 0 spiro atoms. The standard InChI is InChI=1S/C20H32O4Si/c1-15(21)17(14-19-22-11-12-23-19)13-16-7-9-18(10-8-16)24-25(5,6)20(2,3)4/h7-10,17,19H,11-14H2,1-6H3/t17-/m0/s1. The Labute approximate surface area is 153 Å². The fourth-order valence-electron chi connectivity index (χ4n) is 2.59. The average molecular weight is 365 g/mol. The Hall–Kier alpha value is -1.17. The van der Waals surface area contributed by atoms with Gasteiger partial charge in [-0.1, -0.05) is 32.9 Å². The molecule has 0 saturated carbocycles. The summed E-state index contributed by atoms with van der Waals surface area (Å²) < 4.78 is 17.3. The molecule has 1 atom stereocenters. The van der Waals surface area contributed by atoms with Gasteiger partial charge in [0.25, 0.3) is 0 Å². The zero-order valence-electron chi connectivity index (χ0n) is 16.4. The molecule has 140 valence electrons. The molecular weight excluding hydrogens is 332 g/mol. The summed E-state index contributed by atoms with van der Waals surface area (Å²) in [6.07, 6.45) is 1.09. The first-order valence-electron chi connectivity index (χ1n) is 9.10. The highest BCUT2D eigenvalue weighted by atomic mass is 28.4. The van der Waals surface area contributed by atoms with Gasteiger partial charge in [-0.05, 0) is 49.2 Å². The van der Waals surface area contributed by atoms with Crippen LogP contribution < -0.4 is 4.43 Å². The minimum Gasteiger partial charge on any atom is -0.544 e. The summed E-state index contributed by atoms with van der Waals surface area (Å²) in [6, 6.07) is 8.18. The Morgan fingerprint density at radius 1 is 1.20 bits per heavy atom. The third-order valence-corrected chi connectivity index (χ3v) is 9.69. The number of carbonyl (C=O) groups excluding carboxylic acids is 1. The smallest absolute Gasteiger partial charge is 0.250 e. The van der Waals surface area contributed by atoms with Crippen LogP contribution in [0.2, 0.25) is 18.1 Å². The van der Waals surface area contributed by atoms with Crippen LogP contribution in [0.1, 0.15) is 39.7 Å². The van der Waals surface area contributed by atoms with Crippen molar-refractivity contribution >= 4 is 14.1 Å². The SMILES string of the molecule is CC(=O)[C@@H](Cc1ccc(O[Si](C)(C)C(C)(C)C)cc1)CC1OCCO1. The van der Waals surface area contributed by atoms with Crippen LogP contribution in [0, 0.1) is 5.92 Å². The van der Waals surface area contributed by atoms with Crippen LogP contribution in [0.15, 0.2) is 24.3 Å². The van der Waals surface area contributed by atoms with E-state index in [-0.39, 0.29) is 23.0 Å². The summed E-state index contributed by atoms with van der Waals surface area (Å²) >= 11 is 0. The van der Waals surface area contributed by atoms with Gasteiger partial charge < -0.3 is 13.9 Å². The van der Waals surface area contributed by atoms with Crippen LogP contribution in [0.25, 0.3) is 0 Å². The second-order valence-corrected chi connectivity index (χ2v) is 13.1. The van der Waals surface area contributed by atoms with E-state index in [2.05, 4.69) is 46.0 Å². The second-order valence-electron chi connectivity index (χ2n) is 8.42. The summed E-state index contributed by atoms with van der Waals surface area (Å²) in [5.41, 5.74) is 1.14. The van der Waals surface area contributed by atoms with Crippen molar-refractivity contribution in [2.45, 2.75) is 65.0 Å². The van der Waals surface area contributed by atoms with Crippen LogP contribution >= 0.6 is 0 Å². The van der Waals surface area contributed by atoms with Crippen molar-refractivity contribution in [1.29, 1.82) is 0 Å². The molecule has 25 heavy (non-hydrogen) atoms. The zero-order chi connectivity index (χ0) is 18.7. The molecule has 0 aliphatic carbocycles. The lowest BCUT2D eigenvalue weighted by atomic mass is 9.92. The molecule has 0 unspecified atom stereocenters. The van der Waals surface area contributed by atoms with Gasteiger partial charge in [0.05, 0.1) is 13.2 Å². The molecule has 1 aliphatic heterocycles. The van der Waals surface area contributed by atoms with Gasteiger partial charge in [0.15, 0.2) is 6.29 Å². The van der Waals surface area contributed by atoms with E-state index in [0.29, 0.717) is 26.1 Å². The predicted octanol–water partition coefficient (Wildman–Crippen LogP) is 4.58. The van der Waals surface area contributed by atoms with Crippen LogP contribution in [0.5, 0.6) is 5.75 Å². The predicted molar refractivity (Wildman–Crippen MR) is 102 cm³/mol. The number of carbonyl (C=O) groups is 1. The highest BCUT2D eigenvalue weighted by molar-refractivity contribution is 6.74. The summed E-state index contributed by atoms with van der Waals surface area (Å²) in [7, 11) is -1.82. The van der Waals surface area contributed by atoms with Crippen molar-refractivity contribution in [2.75, 3.05) is 13.2 Å². The molecule has 0 radical (unpaired) electrons. The minimum absolute atomic E-state index is 0.0738.